The molecule has 3 rings (SSSR count). The number of carbonyl (C=O) groups is 3. The lowest BCUT2D eigenvalue weighted by Gasteiger charge is -2.15. The molecule has 0 saturated carbocycles. The third-order valence-electron chi connectivity index (χ3n) is 4.82. The highest BCUT2D eigenvalue weighted by Crippen LogP contribution is 2.39. The Balaban J connectivity index is 1.77. The van der Waals surface area contributed by atoms with E-state index in [4.69, 9.17) is 9.47 Å². The number of carbonyl (C=O) groups excluding carboxylic acids is 3. The highest BCUT2D eigenvalue weighted by Gasteiger charge is 2.36. The van der Waals surface area contributed by atoms with Gasteiger partial charge < -0.3 is 14.8 Å². The second kappa shape index (κ2) is 10.7. The van der Waals surface area contributed by atoms with E-state index in [1.54, 1.807) is 24.3 Å². The molecule has 0 atom stereocenters. The summed E-state index contributed by atoms with van der Waals surface area (Å²) in [5.74, 6) is 0.00307. The molecular formula is C24H23BrN2O5S. The first kappa shape index (κ1) is 24.6. The number of rotatable bonds is 8. The first-order chi connectivity index (χ1) is 15.7. The maximum atomic E-state index is 12.8. The number of hydrogen-bond acceptors (Lipinski definition) is 6. The highest BCUT2D eigenvalue weighted by atomic mass is 79.9. The number of halogens is 1. The fourth-order valence-electron chi connectivity index (χ4n) is 3.23. The van der Waals surface area contributed by atoms with Crippen LogP contribution < -0.4 is 14.8 Å². The molecule has 1 aliphatic rings. The van der Waals surface area contributed by atoms with Crippen LogP contribution in [0.15, 0.2) is 52.4 Å². The number of hydrogen-bond donors (Lipinski definition) is 1. The topological polar surface area (TPSA) is 84.9 Å². The van der Waals surface area contributed by atoms with Gasteiger partial charge >= 0.3 is 0 Å². The zero-order chi connectivity index (χ0) is 24.1. The molecule has 1 fully saturated rings. The Hall–Kier alpha value is -3.04. The van der Waals surface area contributed by atoms with Gasteiger partial charge in [-0.25, -0.2) is 0 Å². The monoisotopic (exact) mass is 530 g/mol. The van der Waals surface area contributed by atoms with Crippen LogP contribution in [0.2, 0.25) is 0 Å². The van der Waals surface area contributed by atoms with Crippen molar-refractivity contribution in [1.29, 1.82) is 0 Å². The Morgan fingerprint density at radius 1 is 1.24 bits per heavy atom. The molecule has 0 aromatic heterocycles. The SMILES string of the molecule is C=CCOc1c(Br)cc(C=C2SC(=O)N(CC(=O)Nc3c(C)cccc3C)C2=O)cc1OC. The van der Waals surface area contributed by atoms with Crippen LogP contribution in [0.25, 0.3) is 6.08 Å². The van der Waals surface area contributed by atoms with Gasteiger partial charge in [0.05, 0.1) is 16.5 Å². The molecular weight excluding hydrogens is 508 g/mol. The van der Waals surface area contributed by atoms with Crippen molar-refractivity contribution in [2.45, 2.75) is 13.8 Å². The lowest BCUT2D eigenvalue weighted by Crippen LogP contribution is -2.36. The van der Waals surface area contributed by atoms with Gasteiger partial charge in [-0.1, -0.05) is 30.9 Å². The first-order valence-corrected chi connectivity index (χ1v) is 11.6. The largest absolute Gasteiger partial charge is 0.493 e. The van der Waals surface area contributed by atoms with Crippen LogP contribution in [0.4, 0.5) is 10.5 Å². The van der Waals surface area contributed by atoms with Crippen molar-refractivity contribution in [3.8, 4) is 11.5 Å². The number of nitrogens with one attached hydrogen (secondary N) is 1. The molecule has 33 heavy (non-hydrogen) atoms. The fraction of sp³-hybridized carbons (Fsp3) is 0.208. The summed E-state index contributed by atoms with van der Waals surface area (Å²) in [7, 11) is 1.51. The van der Waals surface area contributed by atoms with E-state index in [1.807, 2.05) is 32.0 Å². The van der Waals surface area contributed by atoms with Gasteiger partial charge in [0.2, 0.25) is 5.91 Å². The van der Waals surface area contributed by atoms with E-state index in [2.05, 4.69) is 27.8 Å². The van der Waals surface area contributed by atoms with Crippen molar-refractivity contribution < 1.29 is 23.9 Å². The van der Waals surface area contributed by atoms with E-state index in [0.717, 1.165) is 27.8 Å². The van der Waals surface area contributed by atoms with E-state index in [1.165, 1.54) is 7.11 Å². The van der Waals surface area contributed by atoms with Crippen LogP contribution >= 0.6 is 27.7 Å². The van der Waals surface area contributed by atoms with Crippen molar-refractivity contribution in [2.75, 3.05) is 25.6 Å². The second-order valence-corrected chi connectivity index (χ2v) is 9.06. The second-order valence-electron chi connectivity index (χ2n) is 7.22. The van der Waals surface area contributed by atoms with Crippen LogP contribution in [0.3, 0.4) is 0 Å². The van der Waals surface area contributed by atoms with Crippen LogP contribution in [0.1, 0.15) is 16.7 Å². The van der Waals surface area contributed by atoms with Crippen LogP contribution in [0.5, 0.6) is 11.5 Å². The summed E-state index contributed by atoms with van der Waals surface area (Å²) >= 11 is 4.23. The zero-order valence-corrected chi connectivity index (χ0v) is 20.8. The smallest absolute Gasteiger partial charge is 0.294 e. The van der Waals surface area contributed by atoms with Crippen LogP contribution in [-0.4, -0.2) is 42.2 Å². The number of amides is 3. The van der Waals surface area contributed by atoms with Crippen molar-refractivity contribution in [2.24, 2.45) is 0 Å². The number of aryl methyl sites for hydroxylation is 2. The predicted octanol–water partition coefficient (Wildman–Crippen LogP) is 5.31. The summed E-state index contributed by atoms with van der Waals surface area (Å²) < 4.78 is 11.6. The molecule has 0 bridgehead atoms. The molecule has 2 aromatic rings. The standard InChI is InChI=1S/C24H23BrN2O5S/c1-5-9-32-22-17(25)10-16(11-18(22)31-4)12-19-23(29)27(24(30)33-19)13-20(28)26-21-14(2)7-6-8-15(21)3/h5-8,10-12H,1,9,13H2,2-4H3,(H,26,28). The fourth-order valence-corrected chi connectivity index (χ4v) is 4.64. The summed E-state index contributed by atoms with van der Waals surface area (Å²) in [6.07, 6.45) is 3.20. The summed E-state index contributed by atoms with van der Waals surface area (Å²) in [5.41, 5.74) is 3.12. The summed E-state index contributed by atoms with van der Waals surface area (Å²) in [4.78, 5) is 39.0. The average molecular weight is 531 g/mol. The van der Waals surface area contributed by atoms with Crippen molar-refractivity contribution in [1.82, 2.24) is 4.90 Å². The Morgan fingerprint density at radius 3 is 2.58 bits per heavy atom. The van der Waals surface area contributed by atoms with Gasteiger partial charge in [-0.05, 0) is 76.4 Å². The number of para-hydroxylation sites is 1. The third-order valence-corrected chi connectivity index (χ3v) is 6.31. The number of thioether (sulfide) groups is 1. The third kappa shape index (κ3) is 5.66. The molecule has 0 unspecified atom stereocenters. The lowest BCUT2D eigenvalue weighted by molar-refractivity contribution is -0.127. The number of imide groups is 1. The molecule has 172 valence electrons. The van der Waals surface area contributed by atoms with Crippen LogP contribution in [-0.2, 0) is 9.59 Å². The number of anilines is 1. The van der Waals surface area contributed by atoms with Gasteiger partial charge in [-0.2, -0.15) is 0 Å². The van der Waals surface area contributed by atoms with Gasteiger partial charge in [0.15, 0.2) is 11.5 Å². The van der Waals surface area contributed by atoms with E-state index in [9.17, 15) is 14.4 Å². The minimum absolute atomic E-state index is 0.216. The maximum Gasteiger partial charge on any atom is 0.294 e. The Bertz CT molecular complexity index is 1140. The highest BCUT2D eigenvalue weighted by molar-refractivity contribution is 9.10. The molecule has 1 saturated heterocycles. The molecule has 1 heterocycles. The van der Waals surface area contributed by atoms with Crippen molar-refractivity contribution in [3.63, 3.8) is 0 Å². The minimum Gasteiger partial charge on any atom is -0.493 e. The number of benzene rings is 2. The van der Waals surface area contributed by atoms with E-state index in [0.29, 0.717) is 33.8 Å². The molecule has 0 spiro atoms. The van der Waals surface area contributed by atoms with E-state index in [-0.39, 0.29) is 11.4 Å². The molecule has 0 aliphatic carbocycles. The molecule has 7 nitrogen and oxygen atoms in total. The normalized spacial score (nSPS) is 14.5. The molecule has 1 aliphatic heterocycles. The van der Waals surface area contributed by atoms with Gasteiger partial charge in [0, 0.05) is 5.69 Å². The Morgan fingerprint density at radius 2 is 1.94 bits per heavy atom. The van der Waals surface area contributed by atoms with Crippen molar-refractivity contribution >= 4 is 56.5 Å². The van der Waals surface area contributed by atoms with Gasteiger partial charge in [0.25, 0.3) is 11.1 Å². The van der Waals surface area contributed by atoms with Gasteiger partial charge in [-0.3, -0.25) is 19.3 Å². The van der Waals surface area contributed by atoms with Crippen molar-refractivity contribution in [3.05, 3.63) is 69.1 Å². The number of methoxy groups -OCH3 is 1. The summed E-state index contributed by atoms with van der Waals surface area (Å²) in [5, 5.41) is 2.30. The zero-order valence-electron chi connectivity index (χ0n) is 18.4. The van der Waals surface area contributed by atoms with E-state index >= 15 is 0 Å². The lowest BCUT2D eigenvalue weighted by atomic mass is 10.1. The molecule has 1 N–H and O–H groups in total. The van der Waals surface area contributed by atoms with Gasteiger partial charge in [-0.15, -0.1) is 0 Å². The van der Waals surface area contributed by atoms with Gasteiger partial charge in [0.1, 0.15) is 13.2 Å². The number of nitrogens with zero attached hydrogens (tertiary/aromatic N) is 1. The Kier molecular flexibility index (Phi) is 7.99. The summed E-state index contributed by atoms with van der Waals surface area (Å²) in [6, 6.07) is 9.11. The maximum absolute atomic E-state index is 12.8. The molecule has 9 heteroatoms. The van der Waals surface area contributed by atoms with Crippen LogP contribution in [0, 0.1) is 13.8 Å². The quantitative estimate of drug-likeness (QED) is 0.367. The molecule has 3 amide bonds. The summed E-state index contributed by atoms with van der Waals surface area (Å²) in [6.45, 7) is 7.33. The van der Waals surface area contributed by atoms with E-state index < -0.39 is 17.1 Å². The molecule has 0 radical (unpaired) electrons. The Labute approximate surface area is 204 Å². The predicted molar refractivity (Wildman–Crippen MR) is 134 cm³/mol. The minimum atomic E-state index is -0.524. The number of ether oxygens (including phenoxy) is 2. The first-order valence-electron chi connectivity index (χ1n) is 9.97. The molecule has 2 aromatic carbocycles. The average Bonchev–Trinajstić information content (AvgIpc) is 3.02.